The van der Waals surface area contributed by atoms with E-state index >= 15 is 0 Å². The normalized spacial score (nSPS) is 10.5. The van der Waals surface area contributed by atoms with Crippen LogP contribution in [0.5, 0.6) is 0 Å². The summed E-state index contributed by atoms with van der Waals surface area (Å²) in [7, 11) is 3.13. The van der Waals surface area contributed by atoms with Crippen molar-refractivity contribution in [2.24, 2.45) is 0 Å². The molecule has 0 saturated heterocycles. The largest absolute Gasteiger partial charge is 0.385 e. The maximum Gasteiger partial charge on any atom is 0.288 e. The Morgan fingerprint density at radius 1 is 1.27 bits per heavy atom. The highest BCUT2D eigenvalue weighted by molar-refractivity contribution is 6.32. The minimum Gasteiger partial charge on any atom is -0.385 e. The number of halogens is 1. The minimum absolute atomic E-state index is 0.00405. The van der Waals surface area contributed by atoms with Crippen LogP contribution in [-0.4, -0.2) is 56.3 Å². The lowest BCUT2D eigenvalue weighted by atomic mass is 10.1. The fourth-order valence-corrected chi connectivity index (χ4v) is 2.07. The maximum atomic E-state index is 12.5. The van der Waals surface area contributed by atoms with E-state index in [0.717, 1.165) is 0 Å². The zero-order valence-electron chi connectivity index (χ0n) is 12.6. The predicted molar refractivity (Wildman–Crippen MR) is 82.4 cm³/mol. The zero-order valence-corrected chi connectivity index (χ0v) is 13.3. The van der Waals surface area contributed by atoms with Gasteiger partial charge in [0.25, 0.3) is 11.6 Å². The van der Waals surface area contributed by atoms with Gasteiger partial charge in [0.2, 0.25) is 0 Å². The molecule has 1 aromatic rings. The Hall–Kier alpha value is -1.70. The van der Waals surface area contributed by atoms with Crippen molar-refractivity contribution in [3.63, 3.8) is 0 Å². The smallest absolute Gasteiger partial charge is 0.288 e. The highest BCUT2D eigenvalue weighted by atomic mass is 35.5. The fourth-order valence-electron chi connectivity index (χ4n) is 1.88. The first-order valence-electron chi connectivity index (χ1n) is 6.72. The van der Waals surface area contributed by atoms with Gasteiger partial charge >= 0.3 is 0 Å². The van der Waals surface area contributed by atoms with Crippen LogP contribution in [0.3, 0.4) is 0 Å². The molecule has 0 atom stereocenters. The number of carbonyl (C=O) groups excluding carboxylic acids is 1. The maximum absolute atomic E-state index is 12.5. The average molecular weight is 331 g/mol. The van der Waals surface area contributed by atoms with Gasteiger partial charge in [-0.1, -0.05) is 11.6 Å². The van der Waals surface area contributed by atoms with Crippen molar-refractivity contribution < 1.29 is 19.2 Å². The Labute approximate surface area is 133 Å². The molecular formula is C14H19ClN2O5. The Kier molecular flexibility index (Phi) is 7.79. The molecule has 0 unspecified atom stereocenters. The number of hydrogen-bond acceptors (Lipinski definition) is 5. The van der Waals surface area contributed by atoms with Crippen molar-refractivity contribution in [3.05, 3.63) is 38.9 Å². The van der Waals surface area contributed by atoms with Crippen LogP contribution in [0.2, 0.25) is 5.02 Å². The number of methoxy groups -OCH3 is 2. The summed E-state index contributed by atoms with van der Waals surface area (Å²) in [5.74, 6) is -0.298. The molecule has 1 rings (SSSR count). The zero-order chi connectivity index (χ0) is 16.5. The van der Waals surface area contributed by atoms with Gasteiger partial charge in [-0.2, -0.15) is 0 Å². The Morgan fingerprint density at radius 3 is 2.55 bits per heavy atom. The number of ether oxygens (including phenoxy) is 2. The number of nitrogens with zero attached hydrogens (tertiary/aromatic N) is 2. The number of rotatable bonds is 9. The van der Waals surface area contributed by atoms with Crippen molar-refractivity contribution in [1.29, 1.82) is 0 Å². The summed E-state index contributed by atoms with van der Waals surface area (Å²) in [5, 5.41) is 10.9. The van der Waals surface area contributed by atoms with Crippen molar-refractivity contribution in [3.8, 4) is 0 Å². The van der Waals surface area contributed by atoms with E-state index in [1.165, 1.54) is 18.2 Å². The summed E-state index contributed by atoms with van der Waals surface area (Å²) < 4.78 is 9.96. The van der Waals surface area contributed by atoms with Gasteiger partial charge in [-0.05, 0) is 18.6 Å². The van der Waals surface area contributed by atoms with Crippen molar-refractivity contribution in [1.82, 2.24) is 4.90 Å². The predicted octanol–water partition coefficient (Wildman–Crippen LogP) is 2.37. The monoisotopic (exact) mass is 330 g/mol. The molecule has 0 saturated carbocycles. The molecule has 0 aliphatic carbocycles. The number of nitro groups is 1. The van der Waals surface area contributed by atoms with Gasteiger partial charge in [-0.25, -0.2) is 0 Å². The molecule has 1 aromatic carbocycles. The van der Waals surface area contributed by atoms with Gasteiger partial charge in [-0.15, -0.1) is 0 Å². The van der Waals surface area contributed by atoms with Crippen LogP contribution in [-0.2, 0) is 9.47 Å². The molecule has 122 valence electrons. The fraction of sp³-hybridized carbons (Fsp3) is 0.500. The van der Waals surface area contributed by atoms with E-state index in [1.807, 2.05) is 0 Å². The summed E-state index contributed by atoms with van der Waals surface area (Å²) in [6.45, 7) is 1.79. The molecule has 0 spiro atoms. The molecule has 0 aromatic heterocycles. The molecule has 1 amide bonds. The molecule has 0 fully saturated rings. The average Bonchev–Trinajstić information content (AvgIpc) is 2.50. The molecule has 8 heteroatoms. The number of amides is 1. The number of nitro benzene ring substituents is 1. The van der Waals surface area contributed by atoms with Crippen LogP contribution in [0, 0.1) is 10.1 Å². The second-order valence-electron chi connectivity index (χ2n) is 4.55. The van der Waals surface area contributed by atoms with E-state index in [0.29, 0.717) is 32.7 Å². The lowest BCUT2D eigenvalue weighted by molar-refractivity contribution is -0.384. The Balaban J connectivity index is 2.91. The van der Waals surface area contributed by atoms with E-state index < -0.39 is 4.92 Å². The van der Waals surface area contributed by atoms with Gasteiger partial charge < -0.3 is 14.4 Å². The third kappa shape index (κ3) is 5.25. The van der Waals surface area contributed by atoms with Gasteiger partial charge in [-0.3, -0.25) is 14.9 Å². The molecule has 22 heavy (non-hydrogen) atoms. The second kappa shape index (κ2) is 9.34. The molecule has 0 heterocycles. The topological polar surface area (TPSA) is 81.9 Å². The first kappa shape index (κ1) is 18.3. The molecule has 0 N–H and O–H groups in total. The molecule has 0 aliphatic rings. The summed E-state index contributed by atoms with van der Waals surface area (Å²) in [4.78, 5) is 24.4. The summed E-state index contributed by atoms with van der Waals surface area (Å²) in [6, 6.07) is 4.03. The summed E-state index contributed by atoms with van der Waals surface area (Å²) >= 11 is 5.76. The summed E-state index contributed by atoms with van der Waals surface area (Å²) in [5.41, 5.74) is -0.0549. The SMILES string of the molecule is COCCCN(CCOC)C(=O)c1ccc(Cl)c([N+](=O)[O-])c1. The highest BCUT2D eigenvalue weighted by Gasteiger charge is 2.20. The second-order valence-corrected chi connectivity index (χ2v) is 4.96. The quantitative estimate of drug-likeness (QED) is 0.394. The molecule has 0 aliphatic heterocycles. The van der Waals surface area contributed by atoms with Crippen LogP contribution >= 0.6 is 11.6 Å². The van der Waals surface area contributed by atoms with Crippen LogP contribution in [0.15, 0.2) is 18.2 Å². The Bertz CT molecular complexity index is 524. The Morgan fingerprint density at radius 2 is 1.95 bits per heavy atom. The van der Waals surface area contributed by atoms with E-state index in [-0.39, 0.29) is 22.2 Å². The highest BCUT2D eigenvalue weighted by Crippen LogP contribution is 2.25. The van der Waals surface area contributed by atoms with Crippen LogP contribution < -0.4 is 0 Å². The molecular weight excluding hydrogens is 312 g/mol. The lowest BCUT2D eigenvalue weighted by Crippen LogP contribution is -2.35. The standard InChI is InChI=1S/C14H19ClN2O5/c1-21-8-3-6-16(7-9-22-2)14(18)11-4-5-12(15)13(10-11)17(19)20/h4-5,10H,3,6-9H2,1-2H3. The van der Waals surface area contributed by atoms with Crippen LogP contribution in [0.25, 0.3) is 0 Å². The van der Waals surface area contributed by atoms with Crippen molar-refractivity contribution >= 4 is 23.2 Å². The lowest BCUT2D eigenvalue weighted by Gasteiger charge is -2.22. The van der Waals surface area contributed by atoms with E-state index in [4.69, 9.17) is 21.1 Å². The third-order valence-electron chi connectivity index (χ3n) is 3.02. The molecule has 7 nitrogen and oxygen atoms in total. The van der Waals surface area contributed by atoms with Crippen molar-refractivity contribution in [2.75, 3.05) is 40.5 Å². The van der Waals surface area contributed by atoms with Gasteiger partial charge in [0.05, 0.1) is 11.5 Å². The van der Waals surface area contributed by atoms with Gasteiger partial charge in [0.1, 0.15) is 5.02 Å². The first-order valence-corrected chi connectivity index (χ1v) is 7.10. The molecule has 0 bridgehead atoms. The minimum atomic E-state index is -0.608. The number of hydrogen-bond donors (Lipinski definition) is 0. The third-order valence-corrected chi connectivity index (χ3v) is 3.34. The van der Waals surface area contributed by atoms with Crippen molar-refractivity contribution in [2.45, 2.75) is 6.42 Å². The first-order chi connectivity index (χ1) is 10.5. The number of carbonyl (C=O) groups is 1. The molecule has 0 radical (unpaired) electrons. The summed E-state index contributed by atoms with van der Waals surface area (Å²) in [6.07, 6.45) is 0.668. The van der Waals surface area contributed by atoms with Crippen LogP contribution in [0.1, 0.15) is 16.8 Å². The van der Waals surface area contributed by atoms with E-state index in [1.54, 1.807) is 19.1 Å². The van der Waals surface area contributed by atoms with Gasteiger partial charge in [0.15, 0.2) is 0 Å². The van der Waals surface area contributed by atoms with Gasteiger partial charge in [0, 0.05) is 45.5 Å². The van der Waals surface area contributed by atoms with Crippen LogP contribution in [0.4, 0.5) is 5.69 Å². The number of benzene rings is 1. The van der Waals surface area contributed by atoms with E-state index in [9.17, 15) is 14.9 Å². The van der Waals surface area contributed by atoms with E-state index in [2.05, 4.69) is 0 Å².